The summed E-state index contributed by atoms with van der Waals surface area (Å²) in [6.45, 7) is 1.85. The van der Waals surface area contributed by atoms with Crippen molar-refractivity contribution in [3.8, 4) is 11.6 Å². The van der Waals surface area contributed by atoms with Gasteiger partial charge in [0.2, 0.25) is 5.88 Å². The number of carbonyl (C=O) groups is 1. The average Bonchev–Trinajstić information content (AvgIpc) is 2.57. The van der Waals surface area contributed by atoms with Crippen LogP contribution >= 0.6 is 0 Å². The van der Waals surface area contributed by atoms with Crippen LogP contribution in [0.25, 0.3) is 0 Å². The molecule has 2 heterocycles. The molecule has 114 valence electrons. The second-order valence-corrected chi connectivity index (χ2v) is 5.32. The van der Waals surface area contributed by atoms with Crippen molar-refractivity contribution in [2.75, 3.05) is 13.1 Å². The lowest BCUT2D eigenvalue weighted by Gasteiger charge is -2.23. The third kappa shape index (κ3) is 3.83. The standard InChI is InChI=1S/C17H19N3O2/c21-17(20-14-5-4-10-18-12-14)13-8-9-16(19-11-13)22-15-6-2-1-3-7-15/h1-3,6-9,11,14,18H,4-5,10,12H2,(H,20,21)/t14-/m0/s1. The molecule has 1 atom stereocenters. The molecular formula is C17H19N3O2. The zero-order valence-electron chi connectivity index (χ0n) is 12.3. The van der Waals surface area contributed by atoms with Crippen molar-refractivity contribution in [2.45, 2.75) is 18.9 Å². The maximum absolute atomic E-state index is 12.2. The van der Waals surface area contributed by atoms with Gasteiger partial charge >= 0.3 is 0 Å². The zero-order chi connectivity index (χ0) is 15.2. The summed E-state index contributed by atoms with van der Waals surface area (Å²) in [5.41, 5.74) is 0.547. The van der Waals surface area contributed by atoms with E-state index >= 15 is 0 Å². The molecule has 22 heavy (non-hydrogen) atoms. The lowest BCUT2D eigenvalue weighted by Crippen LogP contribution is -2.45. The highest BCUT2D eigenvalue weighted by Crippen LogP contribution is 2.18. The monoisotopic (exact) mass is 297 g/mol. The van der Waals surface area contributed by atoms with Gasteiger partial charge in [-0.3, -0.25) is 4.79 Å². The van der Waals surface area contributed by atoms with Gasteiger partial charge in [0.05, 0.1) is 5.56 Å². The van der Waals surface area contributed by atoms with Crippen LogP contribution in [0.4, 0.5) is 0 Å². The van der Waals surface area contributed by atoms with Gasteiger partial charge in [-0.1, -0.05) is 18.2 Å². The molecule has 3 rings (SSSR count). The topological polar surface area (TPSA) is 63.2 Å². The van der Waals surface area contributed by atoms with Crippen LogP contribution < -0.4 is 15.4 Å². The molecule has 2 N–H and O–H groups in total. The molecule has 0 saturated carbocycles. The molecule has 0 spiro atoms. The van der Waals surface area contributed by atoms with E-state index in [0.717, 1.165) is 31.7 Å². The lowest BCUT2D eigenvalue weighted by atomic mass is 10.1. The number of pyridine rings is 1. The van der Waals surface area contributed by atoms with E-state index in [4.69, 9.17) is 4.74 Å². The Morgan fingerprint density at radius 2 is 2.09 bits per heavy atom. The highest BCUT2D eigenvalue weighted by atomic mass is 16.5. The smallest absolute Gasteiger partial charge is 0.253 e. The summed E-state index contributed by atoms with van der Waals surface area (Å²) >= 11 is 0. The molecule has 1 amide bonds. The predicted octanol–water partition coefficient (Wildman–Crippen LogP) is 2.36. The Balaban J connectivity index is 1.59. The van der Waals surface area contributed by atoms with Crippen molar-refractivity contribution in [1.29, 1.82) is 0 Å². The SMILES string of the molecule is O=C(N[C@H]1CCCNC1)c1ccc(Oc2ccccc2)nc1. The maximum Gasteiger partial charge on any atom is 0.253 e. The number of rotatable bonds is 4. The van der Waals surface area contributed by atoms with Gasteiger partial charge in [0.15, 0.2) is 0 Å². The van der Waals surface area contributed by atoms with E-state index in [9.17, 15) is 4.79 Å². The molecule has 0 radical (unpaired) electrons. The lowest BCUT2D eigenvalue weighted by molar-refractivity contribution is 0.0930. The number of aromatic nitrogens is 1. The maximum atomic E-state index is 12.2. The minimum atomic E-state index is -0.0903. The Labute approximate surface area is 129 Å². The van der Waals surface area contributed by atoms with Gasteiger partial charge in [-0.05, 0) is 37.6 Å². The minimum Gasteiger partial charge on any atom is -0.439 e. The van der Waals surface area contributed by atoms with Gasteiger partial charge in [0, 0.05) is 24.8 Å². The van der Waals surface area contributed by atoms with Gasteiger partial charge in [-0.2, -0.15) is 0 Å². The number of benzene rings is 1. The predicted molar refractivity (Wildman–Crippen MR) is 84.1 cm³/mol. The number of hydrogen-bond donors (Lipinski definition) is 2. The van der Waals surface area contributed by atoms with Crippen molar-refractivity contribution in [3.63, 3.8) is 0 Å². The van der Waals surface area contributed by atoms with Crippen LogP contribution in [0.1, 0.15) is 23.2 Å². The first-order chi connectivity index (χ1) is 10.8. The molecule has 1 aromatic carbocycles. The van der Waals surface area contributed by atoms with Crippen LogP contribution in [0.5, 0.6) is 11.6 Å². The molecule has 1 aliphatic heterocycles. The van der Waals surface area contributed by atoms with Gasteiger partial charge in [0.1, 0.15) is 5.75 Å². The molecule has 1 aromatic heterocycles. The number of piperidine rings is 1. The van der Waals surface area contributed by atoms with E-state index in [1.807, 2.05) is 30.3 Å². The molecule has 1 aliphatic rings. The number of ether oxygens (including phenoxy) is 1. The average molecular weight is 297 g/mol. The fraction of sp³-hybridized carbons (Fsp3) is 0.294. The highest BCUT2D eigenvalue weighted by molar-refractivity contribution is 5.94. The molecule has 5 heteroatoms. The molecule has 2 aromatic rings. The van der Waals surface area contributed by atoms with Crippen molar-refractivity contribution in [3.05, 3.63) is 54.2 Å². The van der Waals surface area contributed by atoms with Crippen LogP contribution in [0.2, 0.25) is 0 Å². The number of hydrogen-bond acceptors (Lipinski definition) is 4. The Kier molecular flexibility index (Phi) is 4.65. The highest BCUT2D eigenvalue weighted by Gasteiger charge is 2.16. The Hall–Kier alpha value is -2.40. The quantitative estimate of drug-likeness (QED) is 0.909. The first-order valence-corrected chi connectivity index (χ1v) is 7.52. The minimum absolute atomic E-state index is 0.0903. The van der Waals surface area contributed by atoms with Crippen molar-refractivity contribution in [1.82, 2.24) is 15.6 Å². The third-order valence-corrected chi connectivity index (χ3v) is 3.60. The first-order valence-electron chi connectivity index (χ1n) is 7.52. The van der Waals surface area contributed by atoms with E-state index in [-0.39, 0.29) is 11.9 Å². The number of nitrogens with one attached hydrogen (secondary N) is 2. The van der Waals surface area contributed by atoms with E-state index < -0.39 is 0 Å². The normalized spacial score (nSPS) is 17.7. The Bertz CT molecular complexity index is 608. The molecule has 1 saturated heterocycles. The summed E-state index contributed by atoms with van der Waals surface area (Å²) in [5.74, 6) is 1.11. The fourth-order valence-electron chi connectivity index (χ4n) is 2.43. The van der Waals surface area contributed by atoms with Crippen LogP contribution in [0.15, 0.2) is 48.7 Å². The van der Waals surface area contributed by atoms with Gasteiger partial charge in [0.25, 0.3) is 5.91 Å². The molecule has 0 aliphatic carbocycles. The van der Waals surface area contributed by atoms with E-state index in [0.29, 0.717) is 11.4 Å². The molecule has 5 nitrogen and oxygen atoms in total. The Morgan fingerprint density at radius 1 is 1.23 bits per heavy atom. The number of para-hydroxylation sites is 1. The number of nitrogens with zero attached hydrogens (tertiary/aromatic N) is 1. The van der Waals surface area contributed by atoms with E-state index in [2.05, 4.69) is 15.6 Å². The largest absolute Gasteiger partial charge is 0.439 e. The second kappa shape index (κ2) is 7.04. The molecular weight excluding hydrogens is 278 g/mol. The van der Waals surface area contributed by atoms with E-state index in [1.54, 1.807) is 18.3 Å². The van der Waals surface area contributed by atoms with Gasteiger partial charge in [-0.25, -0.2) is 4.98 Å². The summed E-state index contributed by atoms with van der Waals surface area (Å²) in [6, 6.07) is 13.1. The number of amides is 1. The van der Waals surface area contributed by atoms with Crippen LogP contribution in [-0.2, 0) is 0 Å². The molecule has 1 fully saturated rings. The van der Waals surface area contributed by atoms with Crippen molar-refractivity contribution < 1.29 is 9.53 Å². The fourth-order valence-corrected chi connectivity index (χ4v) is 2.43. The third-order valence-electron chi connectivity index (χ3n) is 3.60. The second-order valence-electron chi connectivity index (χ2n) is 5.32. The first kappa shape index (κ1) is 14.5. The van der Waals surface area contributed by atoms with Gasteiger partial charge in [-0.15, -0.1) is 0 Å². The summed E-state index contributed by atoms with van der Waals surface area (Å²) < 4.78 is 5.61. The van der Waals surface area contributed by atoms with Crippen LogP contribution in [-0.4, -0.2) is 30.0 Å². The Morgan fingerprint density at radius 3 is 2.77 bits per heavy atom. The van der Waals surface area contributed by atoms with Crippen molar-refractivity contribution in [2.24, 2.45) is 0 Å². The van der Waals surface area contributed by atoms with Crippen LogP contribution in [0.3, 0.4) is 0 Å². The zero-order valence-corrected chi connectivity index (χ0v) is 12.3. The summed E-state index contributed by atoms with van der Waals surface area (Å²) in [4.78, 5) is 16.4. The van der Waals surface area contributed by atoms with Gasteiger partial charge < -0.3 is 15.4 Å². The van der Waals surface area contributed by atoms with Crippen LogP contribution in [0, 0.1) is 0 Å². The van der Waals surface area contributed by atoms with E-state index in [1.165, 1.54) is 0 Å². The summed E-state index contributed by atoms with van der Waals surface area (Å²) in [7, 11) is 0. The summed E-state index contributed by atoms with van der Waals surface area (Å²) in [6.07, 6.45) is 3.65. The molecule has 0 unspecified atom stereocenters. The van der Waals surface area contributed by atoms with Crippen molar-refractivity contribution >= 4 is 5.91 Å². The summed E-state index contributed by atoms with van der Waals surface area (Å²) in [5, 5.41) is 6.30. The molecule has 0 bridgehead atoms. The number of carbonyl (C=O) groups excluding carboxylic acids is 1.